The van der Waals surface area contributed by atoms with Gasteiger partial charge in [-0.2, -0.15) is 4.98 Å². The number of fused-ring (bicyclic) bond motifs is 1. The zero-order chi connectivity index (χ0) is 22.3. The maximum atomic E-state index is 13.0. The van der Waals surface area contributed by atoms with Crippen LogP contribution < -0.4 is 0 Å². The molecule has 1 amide bonds. The lowest BCUT2D eigenvalue weighted by atomic mass is 9.87. The zero-order valence-electron chi connectivity index (χ0n) is 19.6. The number of carbonyl (C=O) groups excluding carboxylic acids is 1. The van der Waals surface area contributed by atoms with Crippen LogP contribution in [0.2, 0.25) is 0 Å². The van der Waals surface area contributed by atoms with Gasteiger partial charge in [-0.05, 0) is 51.0 Å². The highest BCUT2D eigenvalue weighted by Crippen LogP contribution is 2.26. The van der Waals surface area contributed by atoms with E-state index in [0.29, 0.717) is 24.1 Å². The number of amides is 1. The molecule has 0 unspecified atom stereocenters. The Morgan fingerprint density at radius 1 is 1.10 bits per heavy atom. The largest absolute Gasteiger partial charge is 0.340 e. The van der Waals surface area contributed by atoms with Crippen molar-refractivity contribution in [2.45, 2.75) is 78.7 Å². The maximum Gasteiger partial charge on any atom is 0.253 e. The molecule has 31 heavy (non-hydrogen) atoms. The number of likely N-dealkylation sites (tertiary alicyclic amines) is 1. The van der Waals surface area contributed by atoms with E-state index in [9.17, 15) is 4.79 Å². The molecule has 0 aliphatic carbocycles. The quantitative estimate of drug-likeness (QED) is 0.620. The Balaban J connectivity index is 1.65. The first-order valence-electron chi connectivity index (χ1n) is 11.3. The van der Waals surface area contributed by atoms with Crippen LogP contribution in [0, 0.1) is 13.8 Å². The second-order valence-corrected chi connectivity index (χ2v) is 9.84. The second-order valence-electron chi connectivity index (χ2n) is 9.84. The van der Waals surface area contributed by atoms with Crippen LogP contribution in [0.4, 0.5) is 0 Å². The third-order valence-electron chi connectivity index (χ3n) is 6.51. The third kappa shape index (κ3) is 4.21. The van der Waals surface area contributed by atoms with E-state index in [1.807, 2.05) is 18.7 Å². The van der Waals surface area contributed by atoms with Crippen LogP contribution in [-0.4, -0.2) is 43.0 Å². The van der Waals surface area contributed by atoms with Gasteiger partial charge < -0.3 is 4.90 Å². The highest BCUT2D eigenvalue weighted by Gasteiger charge is 2.25. The van der Waals surface area contributed by atoms with E-state index in [2.05, 4.69) is 61.9 Å². The van der Waals surface area contributed by atoms with Gasteiger partial charge >= 0.3 is 0 Å². The standard InChI is InChI=1S/C25H33N5O/c1-16-9-7-8-14-29(16)22(31)15-21-17(2)26-24-27-23(28-30(24)18(21)3)19-10-12-20(13-11-19)25(4,5)6/h10-13,16H,7-9,14-15H2,1-6H3/t16-/m1/s1. The van der Waals surface area contributed by atoms with Crippen molar-refractivity contribution in [2.75, 3.05) is 6.54 Å². The molecule has 3 heterocycles. The number of rotatable bonds is 3. The summed E-state index contributed by atoms with van der Waals surface area (Å²) < 4.78 is 1.78. The fourth-order valence-electron chi connectivity index (χ4n) is 4.43. The molecule has 0 spiro atoms. The lowest BCUT2D eigenvalue weighted by Crippen LogP contribution is -2.43. The van der Waals surface area contributed by atoms with Gasteiger partial charge in [-0.1, -0.05) is 45.0 Å². The monoisotopic (exact) mass is 419 g/mol. The van der Waals surface area contributed by atoms with Crippen molar-refractivity contribution in [1.82, 2.24) is 24.5 Å². The fourth-order valence-corrected chi connectivity index (χ4v) is 4.43. The van der Waals surface area contributed by atoms with Crippen molar-refractivity contribution < 1.29 is 4.79 Å². The Morgan fingerprint density at radius 2 is 1.81 bits per heavy atom. The minimum atomic E-state index is 0.105. The molecule has 1 aliphatic heterocycles. The molecule has 6 nitrogen and oxygen atoms in total. The van der Waals surface area contributed by atoms with Crippen molar-refractivity contribution >= 4 is 11.7 Å². The number of piperidine rings is 1. The molecule has 1 aliphatic rings. The summed E-state index contributed by atoms with van der Waals surface area (Å²) in [5.74, 6) is 1.41. The number of carbonyl (C=O) groups is 1. The van der Waals surface area contributed by atoms with Gasteiger partial charge in [-0.25, -0.2) is 9.50 Å². The van der Waals surface area contributed by atoms with Gasteiger partial charge in [0.1, 0.15) is 0 Å². The van der Waals surface area contributed by atoms with E-state index < -0.39 is 0 Å². The number of aryl methyl sites for hydroxylation is 2. The van der Waals surface area contributed by atoms with Gasteiger partial charge in [0.05, 0.1) is 6.42 Å². The highest BCUT2D eigenvalue weighted by atomic mass is 16.2. The van der Waals surface area contributed by atoms with Crippen molar-refractivity contribution in [2.24, 2.45) is 0 Å². The van der Waals surface area contributed by atoms with E-state index in [0.717, 1.165) is 41.9 Å². The number of benzene rings is 1. The van der Waals surface area contributed by atoms with Gasteiger partial charge in [-0.15, -0.1) is 5.10 Å². The fraction of sp³-hybridized carbons (Fsp3) is 0.520. The smallest absolute Gasteiger partial charge is 0.253 e. The molecule has 1 fully saturated rings. The third-order valence-corrected chi connectivity index (χ3v) is 6.51. The van der Waals surface area contributed by atoms with E-state index >= 15 is 0 Å². The number of aromatic nitrogens is 4. The lowest BCUT2D eigenvalue weighted by Gasteiger charge is -2.33. The molecule has 0 N–H and O–H groups in total. The van der Waals surface area contributed by atoms with Crippen LogP contribution in [0.5, 0.6) is 0 Å². The predicted molar refractivity (Wildman–Crippen MR) is 123 cm³/mol. The molecule has 1 saturated heterocycles. The summed E-state index contributed by atoms with van der Waals surface area (Å²) in [4.78, 5) is 24.4. The maximum absolute atomic E-state index is 13.0. The summed E-state index contributed by atoms with van der Waals surface area (Å²) in [6.07, 6.45) is 3.74. The molecule has 0 saturated carbocycles. The summed E-state index contributed by atoms with van der Waals surface area (Å²) in [5.41, 5.74) is 5.09. The molecular formula is C25H33N5O. The SMILES string of the molecule is Cc1nc2nc(-c3ccc(C(C)(C)C)cc3)nn2c(C)c1CC(=O)N1CCCC[C@H]1C. The summed E-state index contributed by atoms with van der Waals surface area (Å²) in [5, 5.41) is 4.73. The summed E-state index contributed by atoms with van der Waals surface area (Å²) in [7, 11) is 0. The molecule has 2 aromatic heterocycles. The normalized spacial score (nSPS) is 17.4. The lowest BCUT2D eigenvalue weighted by molar-refractivity contribution is -0.133. The van der Waals surface area contributed by atoms with Crippen molar-refractivity contribution in [3.63, 3.8) is 0 Å². The minimum Gasteiger partial charge on any atom is -0.340 e. The van der Waals surface area contributed by atoms with Crippen LogP contribution in [-0.2, 0) is 16.6 Å². The molecule has 0 radical (unpaired) electrons. The molecule has 1 atom stereocenters. The van der Waals surface area contributed by atoms with Crippen LogP contribution in [0.1, 0.15) is 69.5 Å². The van der Waals surface area contributed by atoms with E-state index in [1.54, 1.807) is 4.52 Å². The van der Waals surface area contributed by atoms with Crippen molar-refractivity contribution in [3.8, 4) is 11.4 Å². The summed E-state index contributed by atoms with van der Waals surface area (Å²) >= 11 is 0. The average Bonchev–Trinajstić information content (AvgIpc) is 3.15. The Hall–Kier alpha value is -2.76. The molecule has 4 rings (SSSR count). The van der Waals surface area contributed by atoms with E-state index in [1.165, 1.54) is 12.0 Å². The first-order chi connectivity index (χ1) is 14.6. The average molecular weight is 420 g/mol. The minimum absolute atomic E-state index is 0.105. The van der Waals surface area contributed by atoms with E-state index in [4.69, 9.17) is 5.10 Å². The Bertz CT molecular complexity index is 1110. The number of hydrogen-bond donors (Lipinski definition) is 0. The zero-order valence-corrected chi connectivity index (χ0v) is 19.6. The summed E-state index contributed by atoms with van der Waals surface area (Å²) in [6.45, 7) is 13.6. The van der Waals surface area contributed by atoms with Crippen molar-refractivity contribution in [3.05, 3.63) is 46.8 Å². The van der Waals surface area contributed by atoms with Gasteiger partial charge in [0.2, 0.25) is 5.91 Å². The number of nitrogens with zero attached hydrogens (tertiary/aromatic N) is 5. The Labute approximate surface area is 184 Å². The molecule has 1 aromatic carbocycles. The first kappa shape index (κ1) is 21.5. The van der Waals surface area contributed by atoms with Gasteiger partial charge in [0.15, 0.2) is 5.82 Å². The molecule has 0 bridgehead atoms. The van der Waals surface area contributed by atoms with Crippen molar-refractivity contribution in [1.29, 1.82) is 0 Å². The van der Waals surface area contributed by atoms with Crippen LogP contribution in [0.15, 0.2) is 24.3 Å². The van der Waals surface area contributed by atoms with Gasteiger partial charge in [0, 0.05) is 35.1 Å². The topological polar surface area (TPSA) is 63.4 Å². The first-order valence-corrected chi connectivity index (χ1v) is 11.3. The summed E-state index contributed by atoms with van der Waals surface area (Å²) in [6, 6.07) is 8.72. The van der Waals surface area contributed by atoms with E-state index in [-0.39, 0.29) is 11.3 Å². The van der Waals surface area contributed by atoms with Crippen LogP contribution >= 0.6 is 0 Å². The molecular weight excluding hydrogens is 386 g/mol. The molecule has 6 heteroatoms. The highest BCUT2D eigenvalue weighted by molar-refractivity contribution is 5.79. The Kier molecular flexibility index (Phi) is 5.58. The van der Waals surface area contributed by atoms with Crippen LogP contribution in [0.3, 0.4) is 0 Å². The van der Waals surface area contributed by atoms with Gasteiger partial charge in [0.25, 0.3) is 5.78 Å². The second kappa shape index (κ2) is 8.06. The molecule has 164 valence electrons. The van der Waals surface area contributed by atoms with Crippen LogP contribution in [0.25, 0.3) is 17.2 Å². The number of hydrogen-bond acceptors (Lipinski definition) is 4. The van der Waals surface area contributed by atoms with Gasteiger partial charge in [-0.3, -0.25) is 4.79 Å². The Morgan fingerprint density at radius 3 is 2.45 bits per heavy atom. The molecule has 3 aromatic rings. The predicted octanol–water partition coefficient (Wildman–Crippen LogP) is 4.65.